The van der Waals surface area contributed by atoms with Crippen molar-refractivity contribution in [2.24, 2.45) is 11.8 Å². The fourth-order valence-electron chi connectivity index (χ4n) is 2.75. The maximum atomic E-state index is 7.64. The first-order valence-electron chi connectivity index (χ1n) is 9.22. The maximum Gasteiger partial charge on any atom is 0.0440 e. The standard InChI is InChI=1S/C19H40N2/c1-6-18(4)13-9-7-8-10-14-19(16-20)21(5)15-11-12-17(2)3/h16-20H,6-15H2,1-5H3. The van der Waals surface area contributed by atoms with Gasteiger partial charge in [0.25, 0.3) is 0 Å². The molecule has 0 saturated heterocycles. The van der Waals surface area contributed by atoms with Gasteiger partial charge in [0, 0.05) is 12.3 Å². The van der Waals surface area contributed by atoms with E-state index in [-0.39, 0.29) is 0 Å². The van der Waals surface area contributed by atoms with Gasteiger partial charge in [-0.05, 0) is 44.7 Å². The lowest BCUT2D eigenvalue weighted by molar-refractivity contribution is 0.271. The van der Waals surface area contributed by atoms with Crippen molar-refractivity contribution in [3.05, 3.63) is 0 Å². The van der Waals surface area contributed by atoms with Gasteiger partial charge >= 0.3 is 0 Å². The summed E-state index contributed by atoms with van der Waals surface area (Å²) in [6.45, 7) is 10.3. The van der Waals surface area contributed by atoms with E-state index in [4.69, 9.17) is 5.41 Å². The first-order chi connectivity index (χ1) is 10.0. The molecule has 2 unspecified atom stereocenters. The molecule has 0 heterocycles. The molecular formula is C19H40N2. The van der Waals surface area contributed by atoms with Crippen LogP contribution in [-0.2, 0) is 0 Å². The molecule has 0 rings (SSSR count). The van der Waals surface area contributed by atoms with Crippen molar-refractivity contribution in [2.75, 3.05) is 13.6 Å². The highest BCUT2D eigenvalue weighted by Crippen LogP contribution is 2.15. The van der Waals surface area contributed by atoms with Gasteiger partial charge in [0.2, 0.25) is 0 Å². The molecule has 2 heteroatoms. The zero-order valence-corrected chi connectivity index (χ0v) is 15.3. The highest BCUT2D eigenvalue weighted by Gasteiger charge is 2.11. The van der Waals surface area contributed by atoms with Crippen molar-refractivity contribution < 1.29 is 0 Å². The summed E-state index contributed by atoms with van der Waals surface area (Å²) in [5, 5.41) is 7.64. The van der Waals surface area contributed by atoms with Crippen LogP contribution in [0.3, 0.4) is 0 Å². The minimum Gasteiger partial charge on any atom is -0.311 e. The molecule has 0 aliphatic rings. The fraction of sp³-hybridized carbons (Fsp3) is 0.947. The second-order valence-corrected chi connectivity index (χ2v) is 7.26. The monoisotopic (exact) mass is 296 g/mol. The Balaban J connectivity index is 3.66. The van der Waals surface area contributed by atoms with Gasteiger partial charge in [0.1, 0.15) is 0 Å². The van der Waals surface area contributed by atoms with Crippen molar-refractivity contribution in [1.82, 2.24) is 4.90 Å². The zero-order chi connectivity index (χ0) is 16.1. The molecule has 0 aliphatic heterocycles. The molecule has 2 atom stereocenters. The molecular weight excluding hydrogens is 256 g/mol. The summed E-state index contributed by atoms with van der Waals surface area (Å²) in [6.07, 6.45) is 13.4. The van der Waals surface area contributed by atoms with Gasteiger partial charge in [-0.2, -0.15) is 0 Å². The topological polar surface area (TPSA) is 27.1 Å². The Kier molecular flexibility index (Phi) is 13.1. The van der Waals surface area contributed by atoms with Crippen LogP contribution in [0.4, 0.5) is 0 Å². The number of hydrogen-bond acceptors (Lipinski definition) is 2. The number of nitrogens with one attached hydrogen (secondary N) is 1. The fourth-order valence-corrected chi connectivity index (χ4v) is 2.75. The van der Waals surface area contributed by atoms with E-state index in [0.29, 0.717) is 6.04 Å². The molecule has 1 N–H and O–H groups in total. The van der Waals surface area contributed by atoms with Crippen LogP contribution in [0.1, 0.15) is 85.5 Å². The first-order valence-corrected chi connectivity index (χ1v) is 9.22. The van der Waals surface area contributed by atoms with Crippen LogP contribution < -0.4 is 0 Å². The molecule has 0 aromatic carbocycles. The van der Waals surface area contributed by atoms with Crippen molar-refractivity contribution in [3.8, 4) is 0 Å². The Morgan fingerprint density at radius 3 is 2.05 bits per heavy atom. The first kappa shape index (κ1) is 20.6. The Hall–Kier alpha value is -0.370. The quantitative estimate of drug-likeness (QED) is 0.320. The largest absolute Gasteiger partial charge is 0.311 e. The molecule has 0 aromatic rings. The molecule has 2 nitrogen and oxygen atoms in total. The maximum absolute atomic E-state index is 7.64. The predicted octanol–water partition coefficient (Wildman–Crippen LogP) is 5.76. The highest BCUT2D eigenvalue weighted by atomic mass is 15.1. The van der Waals surface area contributed by atoms with E-state index in [0.717, 1.165) is 24.8 Å². The Bertz CT molecular complexity index is 238. The zero-order valence-electron chi connectivity index (χ0n) is 15.3. The third-order valence-corrected chi connectivity index (χ3v) is 4.69. The molecule has 0 saturated carbocycles. The van der Waals surface area contributed by atoms with E-state index >= 15 is 0 Å². The van der Waals surface area contributed by atoms with Gasteiger partial charge in [-0.3, -0.25) is 4.90 Å². The van der Waals surface area contributed by atoms with Crippen molar-refractivity contribution >= 4 is 6.21 Å². The van der Waals surface area contributed by atoms with Crippen LogP contribution in [-0.4, -0.2) is 30.7 Å². The molecule has 0 aliphatic carbocycles. The van der Waals surface area contributed by atoms with E-state index < -0.39 is 0 Å². The summed E-state index contributed by atoms with van der Waals surface area (Å²) in [4.78, 5) is 2.37. The molecule has 21 heavy (non-hydrogen) atoms. The SMILES string of the molecule is CCC(C)CCCCCCC(C=N)N(C)CCCC(C)C. The lowest BCUT2D eigenvalue weighted by Gasteiger charge is -2.25. The summed E-state index contributed by atoms with van der Waals surface area (Å²) >= 11 is 0. The molecule has 126 valence electrons. The molecule has 0 fully saturated rings. The van der Waals surface area contributed by atoms with Gasteiger partial charge in [0.15, 0.2) is 0 Å². The molecule has 0 radical (unpaired) electrons. The lowest BCUT2D eigenvalue weighted by atomic mass is 9.99. The van der Waals surface area contributed by atoms with E-state index in [1.54, 1.807) is 6.21 Å². The second-order valence-electron chi connectivity index (χ2n) is 7.26. The van der Waals surface area contributed by atoms with E-state index in [2.05, 4.69) is 39.6 Å². The van der Waals surface area contributed by atoms with Crippen molar-refractivity contribution in [3.63, 3.8) is 0 Å². The summed E-state index contributed by atoms with van der Waals surface area (Å²) in [5.41, 5.74) is 0. The van der Waals surface area contributed by atoms with Crippen LogP contribution in [0, 0.1) is 17.2 Å². The minimum atomic E-state index is 0.353. The average Bonchev–Trinajstić information content (AvgIpc) is 2.45. The third kappa shape index (κ3) is 11.9. The molecule has 0 aromatic heterocycles. The van der Waals surface area contributed by atoms with Crippen LogP contribution in [0.15, 0.2) is 0 Å². The van der Waals surface area contributed by atoms with Gasteiger partial charge in [-0.15, -0.1) is 0 Å². The summed E-state index contributed by atoms with van der Waals surface area (Å²) < 4.78 is 0. The normalized spacial score (nSPS) is 14.6. The van der Waals surface area contributed by atoms with Gasteiger partial charge in [-0.1, -0.05) is 66.2 Å². The number of unbranched alkanes of at least 4 members (excludes halogenated alkanes) is 3. The van der Waals surface area contributed by atoms with Crippen LogP contribution in [0.5, 0.6) is 0 Å². The lowest BCUT2D eigenvalue weighted by Crippen LogP contribution is -2.33. The molecule has 0 spiro atoms. The Morgan fingerprint density at radius 1 is 0.905 bits per heavy atom. The predicted molar refractivity (Wildman–Crippen MR) is 96.4 cm³/mol. The Morgan fingerprint density at radius 2 is 1.52 bits per heavy atom. The van der Waals surface area contributed by atoms with Crippen molar-refractivity contribution in [2.45, 2.75) is 91.5 Å². The second kappa shape index (κ2) is 13.3. The van der Waals surface area contributed by atoms with E-state index in [1.807, 2.05) is 0 Å². The molecule has 0 amide bonds. The minimum absolute atomic E-state index is 0.353. The van der Waals surface area contributed by atoms with E-state index in [1.165, 1.54) is 51.4 Å². The summed E-state index contributed by atoms with van der Waals surface area (Å²) in [5.74, 6) is 1.69. The van der Waals surface area contributed by atoms with Gasteiger partial charge in [0.05, 0.1) is 0 Å². The number of rotatable bonds is 14. The van der Waals surface area contributed by atoms with Crippen molar-refractivity contribution in [1.29, 1.82) is 5.41 Å². The highest BCUT2D eigenvalue weighted by molar-refractivity contribution is 5.60. The van der Waals surface area contributed by atoms with Crippen LogP contribution >= 0.6 is 0 Å². The van der Waals surface area contributed by atoms with Gasteiger partial charge < -0.3 is 5.41 Å². The van der Waals surface area contributed by atoms with Crippen LogP contribution in [0.25, 0.3) is 0 Å². The third-order valence-electron chi connectivity index (χ3n) is 4.69. The number of hydrogen-bond donors (Lipinski definition) is 1. The average molecular weight is 297 g/mol. The number of nitrogens with zero attached hydrogens (tertiary/aromatic N) is 1. The van der Waals surface area contributed by atoms with E-state index in [9.17, 15) is 0 Å². The smallest absolute Gasteiger partial charge is 0.0440 e. The summed E-state index contributed by atoms with van der Waals surface area (Å²) in [6, 6.07) is 0.353. The summed E-state index contributed by atoms with van der Waals surface area (Å²) in [7, 11) is 2.18. The Labute approximate surface area is 134 Å². The molecule has 0 bridgehead atoms. The van der Waals surface area contributed by atoms with Gasteiger partial charge in [-0.25, -0.2) is 0 Å². The van der Waals surface area contributed by atoms with Crippen LogP contribution in [0.2, 0.25) is 0 Å².